The second kappa shape index (κ2) is 2.46. The maximum absolute atomic E-state index is 10.0. The molecule has 0 fully saturated rings. The van der Waals surface area contributed by atoms with Crippen LogP contribution in [0.15, 0.2) is 30.3 Å². The lowest BCUT2D eigenvalue weighted by molar-refractivity contribution is 0.142. The lowest BCUT2D eigenvalue weighted by Crippen LogP contribution is -2.02. The normalized spacial score (nSPS) is 29.8. The van der Waals surface area contributed by atoms with Crippen molar-refractivity contribution in [3.8, 4) is 0 Å². The van der Waals surface area contributed by atoms with Crippen LogP contribution in [0.1, 0.15) is 30.1 Å². The molecule has 2 aliphatic rings. The molecule has 1 N–H and O–H groups in total. The molecule has 0 saturated heterocycles. The van der Waals surface area contributed by atoms with Gasteiger partial charge in [0, 0.05) is 5.92 Å². The van der Waals surface area contributed by atoms with Crippen molar-refractivity contribution in [3.05, 3.63) is 41.5 Å². The summed E-state index contributed by atoms with van der Waals surface area (Å²) in [6, 6.07) is 8.21. The number of hydrogen-bond acceptors (Lipinski definition) is 1. The van der Waals surface area contributed by atoms with Crippen LogP contribution in [0.2, 0.25) is 0 Å². The van der Waals surface area contributed by atoms with Crippen LogP contribution in [0.4, 0.5) is 0 Å². The Balaban J connectivity index is 2.23. The summed E-state index contributed by atoms with van der Waals surface area (Å²) in [5.74, 6) is 0.386. The SMILES string of the molecule is OC1c2ccccc2C2=CCCC21. The second-order valence-corrected chi connectivity index (χ2v) is 3.88. The Kier molecular flexibility index (Phi) is 1.39. The van der Waals surface area contributed by atoms with Crippen molar-refractivity contribution in [2.75, 3.05) is 0 Å². The van der Waals surface area contributed by atoms with Gasteiger partial charge in [-0.15, -0.1) is 0 Å². The Bertz CT molecular complexity index is 378. The fraction of sp³-hybridized carbons (Fsp3) is 0.333. The van der Waals surface area contributed by atoms with E-state index in [4.69, 9.17) is 0 Å². The smallest absolute Gasteiger partial charge is 0.0864 e. The summed E-state index contributed by atoms with van der Waals surface area (Å²) in [4.78, 5) is 0. The molecular formula is C12H12O. The maximum Gasteiger partial charge on any atom is 0.0864 e. The predicted octanol–water partition coefficient (Wildman–Crippen LogP) is 2.53. The van der Waals surface area contributed by atoms with E-state index in [2.05, 4.69) is 12.1 Å². The summed E-state index contributed by atoms with van der Waals surface area (Å²) >= 11 is 0. The molecule has 0 heterocycles. The minimum atomic E-state index is -0.245. The fourth-order valence-electron chi connectivity index (χ4n) is 2.60. The highest BCUT2D eigenvalue weighted by Crippen LogP contribution is 2.49. The Morgan fingerprint density at radius 1 is 1.23 bits per heavy atom. The number of hydrogen-bond donors (Lipinski definition) is 1. The molecule has 13 heavy (non-hydrogen) atoms. The minimum absolute atomic E-state index is 0.245. The molecule has 0 spiro atoms. The van der Waals surface area contributed by atoms with Crippen molar-refractivity contribution in [1.29, 1.82) is 0 Å². The Morgan fingerprint density at radius 3 is 3.00 bits per heavy atom. The van der Waals surface area contributed by atoms with Gasteiger partial charge in [-0.1, -0.05) is 30.3 Å². The summed E-state index contributed by atoms with van der Waals surface area (Å²) in [6.07, 6.45) is 4.28. The summed E-state index contributed by atoms with van der Waals surface area (Å²) < 4.78 is 0. The van der Waals surface area contributed by atoms with Gasteiger partial charge in [0.25, 0.3) is 0 Å². The van der Waals surface area contributed by atoms with Gasteiger partial charge in [-0.25, -0.2) is 0 Å². The zero-order chi connectivity index (χ0) is 8.84. The molecule has 2 atom stereocenters. The van der Waals surface area contributed by atoms with E-state index < -0.39 is 0 Å². The van der Waals surface area contributed by atoms with Crippen LogP contribution in [-0.4, -0.2) is 5.11 Å². The van der Waals surface area contributed by atoms with Gasteiger partial charge in [-0.05, 0) is 29.5 Å². The van der Waals surface area contributed by atoms with Crippen LogP contribution >= 0.6 is 0 Å². The Labute approximate surface area is 77.7 Å². The van der Waals surface area contributed by atoms with E-state index in [9.17, 15) is 5.11 Å². The van der Waals surface area contributed by atoms with E-state index in [1.165, 1.54) is 11.1 Å². The quantitative estimate of drug-likeness (QED) is 0.637. The molecule has 0 aromatic heterocycles. The molecule has 66 valence electrons. The monoisotopic (exact) mass is 172 g/mol. The van der Waals surface area contributed by atoms with Gasteiger partial charge in [-0.3, -0.25) is 0 Å². The fourth-order valence-corrected chi connectivity index (χ4v) is 2.60. The van der Waals surface area contributed by atoms with Crippen LogP contribution in [-0.2, 0) is 0 Å². The van der Waals surface area contributed by atoms with E-state index in [0.717, 1.165) is 18.4 Å². The van der Waals surface area contributed by atoms with Gasteiger partial charge in [0.1, 0.15) is 0 Å². The number of aliphatic hydroxyl groups excluding tert-OH is 1. The second-order valence-electron chi connectivity index (χ2n) is 3.88. The topological polar surface area (TPSA) is 20.2 Å². The molecule has 0 aliphatic heterocycles. The summed E-state index contributed by atoms with van der Waals surface area (Å²) in [6.45, 7) is 0. The van der Waals surface area contributed by atoms with Crippen LogP contribution in [0.3, 0.4) is 0 Å². The zero-order valence-electron chi connectivity index (χ0n) is 7.40. The summed E-state index contributed by atoms with van der Waals surface area (Å²) in [5.41, 5.74) is 3.78. The molecule has 0 radical (unpaired) electrons. The molecule has 3 rings (SSSR count). The molecule has 1 aromatic carbocycles. The van der Waals surface area contributed by atoms with Crippen molar-refractivity contribution >= 4 is 5.57 Å². The van der Waals surface area contributed by atoms with Gasteiger partial charge in [0.2, 0.25) is 0 Å². The predicted molar refractivity (Wildman–Crippen MR) is 52.1 cm³/mol. The molecule has 2 aliphatic carbocycles. The number of aliphatic hydroxyl groups is 1. The summed E-state index contributed by atoms with van der Waals surface area (Å²) in [7, 11) is 0. The third-order valence-electron chi connectivity index (χ3n) is 3.21. The molecule has 1 aromatic rings. The molecule has 0 bridgehead atoms. The van der Waals surface area contributed by atoms with Gasteiger partial charge < -0.3 is 5.11 Å². The van der Waals surface area contributed by atoms with Crippen LogP contribution < -0.4 is 0 Å². The standard InChI is InChI=1S/C12H12O/c13-12-10-5-2-1-4-8(10)9-6-3-7-11(9)12/h1-2,4-6,11-13H,3,7H2. The largest absolute Gasteiger partial charge is 0.388 e. The number of fused-ring (bicyclic) bond motifs is 3. The van der Waals surface area contributed by atoms with Gasteiger partial charge in [0.15, 0.2) is 0 Å². The van der Waals surface area contributed by atoms with E-state index >= 15 is 0 Å². The van der Waals surface area contributed by atoms with Crippen LogP contribution in [0, 0.1) is 5.92 Å². The van der Waals surface area contributed by atoms with Crippen LogP contribution in [0.5, 0.6) is 0 Å². The third-order valence-corrected chi connectivity index (χ3v) is 3.21. The minimum Gasteiger partial charge on any atom is -0.388 e. The lowest BCUT2D eigenvalue weighted by Gasteiger charge is -2.10. The highest BCUT2D eigenvalue weighted by Gasteiger charge is 2.36. The number of rotatable bonds is 0. The van der Waals surface area contributed by atoms with Crippen molar-refractivity contribution < 1.29 is 5.11 Å². The zero-order valence-corrected chi connectivity index (χ0v) is 7.40. The van der Waals surface area contributed by atoms with Crippen molar-refractivity contribution in [1.82, 2.24) is 0 Å². The molecule has 2 unspecified atom stereocenters. The van der Waals surface area contributed by atoms with Gasteiger partial charge in [-0.2, -0.15) is 0 Å². The highest BCUT2D eigenvalue weighted by atomic mass is 16.3. The molecule has 1 nitrogen and oxygen atoms in total. The molecule has 0 saturated carbocycles. The van der Waals surface area contributed by atoms with Crippen molar-refractivity contribution in [3.63, 3.8) is 0 Å². The van der Waals surface area contributed by atoms with Crippen molar-refractivity contribution in [2.24, 2.45) is 5.92 Å². The number of benzene rings is 1. The first-order valence-corrected chi connectivity index (χ1v) is 4.85. The number of allylic oxidation sites excluding steroid dienone is 1. The highest BCUT2D eigenvalue weighted by molar-refractivity contribution is 5.76. The first-order valence-electron chi connectivity index (χ1n) is 4.85. The van der Waals surface area contributed by atoms with E-state index in [0.29, 0.717) is 5.92 Å². The Morgan fingerprint density at radius 2 is 2.08 bits per heavy atom. The van der Waals surface area contributed by atoms with Crippen molar-refractivity contribution in [2.45, 2.75) is 18.9 Å². The van der Waals surface area contributed by atoms with E-state index in [-0.39, 0.29) is 6.10 Å². The van der Waals surface area contributed by atoms with E-state index in [1.807, 2.05) is 18.2 Å². The third kappa shape index (κ3) is 0.853. The average Bonchev–Trinajstić information content (AvgIpc) is 2.72. The first-order chi connectivity index (χ1) is 6.38. The average molecular weight is 172 g/mol. The first kappa shape index (κ1) is 7.34. The molecule has 1 heteroatoms. The van der Waals surface area contributed by atoms with Gasteiger partial charge in [0.05, 0.1) is 6.10 Å². The maximum atomic E-state index is 10.0. The molecular weight excluding hydrogens is 160 g/mol. The lowest BCUT2D eigenvalue weighted by atomic mass is 10.0. The van der Waals surface area contributed by atoms with Gasteiger partial charge >= 0.3 is 0 Å². The van der Waals surface area contributed by atoms with Crippen LogP contribution in [0.25, 0.3) is 5.57 Å². The Hall–Kier alpha value is -1.08. The molecule has 0 amide bonds. The van der Waals surface area contributed by atoms with E-state index in [1.54, 1.807) is 0 Å². The summed E-state index contributed by atoms with van der Waals surface area (Å²) in [5, 5.41) is 10.0.